The molecule has 4 nitrogen and oxygen atoms in total. The molecule has 2 aromatic rings. The molecule has 1 unspecified atom stereocenters. The molecule has 0 aliphatic carbocycles. The molecular weight excluding hydrogens is 322 g/mol. The van der Waals surface area contributed by atoms with E-state index in [1.807, 2.05) is 38.1 Å². The molecule has 124 valence electrons. The standard InChI is InChI=1S/C19H20ClN3O/c1-3-13(2)19(24)23-17-6-4-5-14(9-17)12-22-18-8-7-16(20)10-15(18)11-21/h4-10,13,22H,3,12H2,1-2H3,(H,23,24). The number of carbonyl (C=O) groups excluding carboxylic acids is 1. The van der Waals surface area contributed by atoms with Crippen LogP contribution in [0, 0.1) is 17.2 Å². The molecule has 5 heteroatoms. The molecule has 0 fully saturated rings. The topological polar surface area (TPSA) is 64.9 Å². The number of nitrogens with zero attached hydrogens (tertiary/aromatic N) is 1. The van der Waals surface area contributed by atoms with E-state index in [0.29, 0.717) is 17.1 Å². The normalized spacial score (nSPS) is 11.4. The van der Waals surface area contributed by atoms with Gasteiger partial charge in [-0.3, -0.25) is 4.79 Å². The highest BCUT2D eigenvalue weighted by atomic mass is 35.5. The third-order valence-electron chi connectivity index (χ3n) is 3.84. The molecule has 0 saturated heterocycles. The van der Waals surface area contributed by atoms with E-state index in [4.69, 9.17) is 16.9 Å². The van der Waals surface area contributed by atoms with Crippen LogP contribution >= 0.6 is 11.6 Å². The van der Waals surface area contributed by atoms with Crippen LogP contribution in [0.3, 0.4) is 0 Å². The number of amides is 1. The summed E-state index contributed by atoms with van der Waals surface area (Å²) >= 11 is 5.90. The molecule has 0 bridgehead atoms. The van der Waals surface area contributed by atoms with Gasteiger partial charge in [0.15, 0.2) is 0 Å². The van der Waals surface area contributed by atoms with E-state index in [0.717, 1.165) is 23.4 Å². The van der Waals surface area contributed by atoms with Crippen LogP contribution in [0.4, 0.5) is 11.4 Å². The zero-order chi connectivity index (χ0) is 17.5. The highest BCUT2D eigenvalue weighted by Gasteiger charge is 2.10. The van der Waals surface area contributed by atoms with Gasteiger partial charge < -0.3 is 10.6 Å². The molecule has 0 heterocycles. The Balaban J connectivity index is 2.05. The number of nitrogens with one attached hydrogen (secondary N) is 2. The molecule has 1 atom stereocenters. The number of benzene rings is 2. The largest absolute Gasteiger partial charge is 0.380 e. The lowest BCUT2D eigenvalue weighted by Gasteiger charge is -2.12. The van der Waals surface area contributed by atoms with Crippen molar-refractivity contribution in [1.29, 1.82) is 5.26 Å². The smallest absolute Gasteiger partial charge is 0.227 e. The Morgan fingerprint density at radius 1 is 1.29 bits per heavy atom. The van der Waals surface area contributed by atoms with Crippen molar-refractivity contribution in [3.63, 3.8) is 0 Å². The predicted molar refractivity (Wildman–Crippen MR) is 98.0 cm³/mol. The van der Waals surface area contributed by atoms with E-state index in [2.05, 4.69) is 16.7 Å². The fourth-order valence-corrected chi connectivity index (χ4v) is 2.34. The summed E-state index contributed by atoms with van der Waals surface area (Å²) in [5.74, 6) is 0.00566. The Morgan fingerprint density at radius 2 is 2.08 bits per heavy atom. The Bertz CT molecular complexity index is 767. The van der Waals surface area contributed by atoms with Crippen LogP contribution in [-0.4, -0.2) is 5.91 Å². The maximum absolute atomic E-state index is 12.0. The number of carbonyl (C=O) groups is 1. The van der Waals surface area contributed by atoms with Gasteiger partial charge in [0.05, 0.1) is 11.3 Å². The van der Waals surface area contributed by atoms with Gasteiger partial charge in [-0.15, -0.1) is 0 Å². The first kappa shape index (κ1) is 17.8. The highest BCUT2D eigenvalue weighted by molar-refractivity contribution is 6.30. The van der Waals surface area contributed by atoms with Gasteiger partial charge in [-0.2, -0.15) is 5.26 Å². The third kappa shape index (κ3) is 4.74. The van der Waals surface area contributed by atoms with E-state index < -0.39 is 0 Å². The van der Waals surface area contributed by atoms with Crippen LogP contribution in [-0.2, 0) is 11.3 Å². The molecule has 0 saturated carbocycles. The SMILES string of the molecule is CCC(C)C(=O)Nc1cccc(CNc2ccc(Cl)cc2C#N)c1. The zero-order valence-electron chi connectivity index (χ0n) is 13.8. The lowest BCUT2D eigenvalue weighted by molar-refractivity contribution is -0.119. The van der Waals surface area contributed by atoms with Gasteiger partial charge in [0, 0.05) is 23.2 Å². The fraction of sp³-hybridized carbons (Fsp3) is 0.263. The van der Waals surface area contributed by atoms with Crippen LogP contribution in [0.5, 0.6) is 0 Å². The number of anilines is 2. The number of nitriles is 1. The van der Waals surface area contributed by atoms with E-state index in [1.165, 1.54) is 0 Å². The quantitative estimate of drug-likeness (QED) is 0.792. The third-order valence-corrected chi connectivity index (χ3v) is 4.07. The first-order valence-electron chi connectivity index (χ1n) is 7.86. The summed E-state index contributed by atoms with van der Waals surface area (Å²) in [4.78, 5) is 12.0. The molecule has 0 aromatic heterocycles. The van der Waals surface area contributed by atoms with Crippen LogP contribution in [0.2, 0.25) is 5.02 Å². The molecule has 2 N–H and O–H groups in total. The monoisotopic (exact) mass is 341 g/mol. The molecule has 0 radical (unpaired) electrons. The number of halogens is 1. The second-order valence-corrected chi connectivity index (χ2v) is 6.09. The highest BCUT2D eigenvalue weighted by Crippen LogP contribution is 2.21. The van der Waals surface area contributed by atoms with Crippen molar-refractivity contribution in [3.05, 3.63) is 58.6 Å². The lowest BCUT2D eigenvalue weighted by atomic mass is 10.1. The fourth-order valence-electron chi connectivity index (χ4n) is 2.17. The van der Waals surface area contributed by atoms with E-state index in [9.17, 15) is 4.79 Å². The number of rotatable bonds is 6. The second kappa shape index (κ2) is 8.37. The molecule has 24 heavy (non-hydrogen) atoms. The first-order valence-corrected chi connectivity index (χ1v) is 8.24. The summed E-state index contributed by atoms with van der Waals surface area (Å²) in [5.41, 5.74) is 3.02. The van der Waals surface area contributed by atoms with Crippen LogP contribution < -0.4 is 10.6 Å². The van der Waals surface area contributed by atoms with Crippen LogP contribution in [0.25, 0.3) is 0 Å². The summed E-state index contributed by atoms with van der Waals surface area (Å²) in [6, 6.07) is 14.9. The second-order valence-electron chi connectivity index (χ2n) is 5.65. The summed E-state index contributed by atoms with van der Waals surface area (Å²) in [6.45, 7) is 4.44. The molecule has 0 spiro atoms. The minimum Gasteiger partial charge on any atom is -0.380 e. The maximum atomic E-state index is 12.0. The van der Waals surface area contributed by atoms with Gasteiger partial charge in [-0.05, 0) is 42.3 Å². The van der Waals surface area contributed by atoms with Crippen molar-refractivity contribution >= 4 is 28.9 Å². The first-order chi connectivity index (χ1) is 11.5. The molecule has 0 aliphatic heterocycles. The molecule has 2 rings (SSSR count). The van der Waals surface area contributed by atoms with Gasteiger partial charge in [0.2, 0.25) is 5.91 Å². The Kier molecular flexibility index (Phi) is 6.22. The minimum atomic E-state index is -0.0148. The summed E-state index contributed by atoms with van der Waals surface area (Å²) in [6.07, 6.45) is 0.806. The summed E-state index contributed by atoms with van der Waals surface area (Å²) < 4.78 is 0. The van der Waals surface area contributed by atoms with Gasteiger partial charge in [-0.1, -0.05) is 37.6 Å². The Labute approximate surface area is 147 Å². The predicted octanol–water partition coefficient (Wildman–Crippen LogP) is 4.81. The van der Waals surface area contributed by atoms with Crippen molar-refractivity contribution in [1.82, 2.24) is 0 Å². The van der Waals surface area contributed by atoms with Gasteiger partial charge in [-0.25, -0.2) is 0 Å². The van der Waals surface area contributed by atoms with Gasteiger partial charge in [0.1, 0.15) is 6.07 Å². The number of hydrogen-bond donors (Lipinski definition) is 2. The summed E-state index contributed by atoms with van der Waals surface area (Å²) in [5, 5.41) is 15.8. The van der Waals surface area contributed by atoms with E-state index in [-0.39, 0.29) is 11.8 Å². The van der Waals surface area contributed by atoms with Crippen LogP contribution in [0.15, 0.2) is 42.5 Å². The zero-order valence-corrected chi connectivity index (χ0v) is 14.5. The Morgan fingerprint density at radius 3 is 2.79 bits per heavy atom. The van der Waals surface area contributed by atoms with Crippen molar-refractivity contribution in [2.75, 3.05) is 10.6 Å². The van der Waals surface area contributed by atoms with E-state index >= 15 is 0 Å². The van der Waals surface area contributed by atoms with Crippen molar-refractivity contribution in [2.45, 2.75) is 26.8 Å². The van der Waals surface area contributed by atoms with Crippen molar-refractivity contribution < 1.29 is 4.79 Å². The molecule has 1 amide bonds. The maximum Gasteiger partial charge on any atom is 0.227 e. The molecule has 0 aliphatic rings. The van der Waals surface area contributed by atoms with Crippen LogP contribution in [0.1, 0.15) is 31.4 Å². The average Bonchev–Trinajstić information content (AvgIpc) is 2.60. The lowest BCUT2D eigenvalue weighted by Crippen LogP contribution is -2.19. The summed E-state index contributed by atoms with van der Waals surface area (Å²) in [7, 11) is 0. The molecule has 2 aromatic carbocycles. The van der Waals surface area contributed by atoms with Crippen molar-refractivity contribution in [2.24, 2.45) is 5.92 Å². The van der Waals surface area contributed by atoms with Crippen molar-refractivity contribution in [3.8, 4) is 6.07 Å². The average molecular weight is 342 g/mol. The molecular formula is C19H20ClN3O. The van der Waals surface area contributed by atoms with Gasteiger partial charge in [0.25, 0.3) is 0 Å². The minimum absolute atomic E-state index is 0.0148. The van der Waals surface area contributed by atoms with E-state index in [1.54, 1.807) is 18.2 Å². The number of hydrogen-bond acceptors (Lipinski definition) is 3. The Hall–Kier alpha value is -2.51. The van der Waals surface area contributed by atoms with Gasteiger partial charge >= 0.3 is 0 Å².